The fourth-order valence-electron chi connectivity index (χ4n) is 2.21. The molecule has 0 bridgehead atoms. The van der Waals surface area contributed by atoms with Gasteiger partial charge in [-0.05, 0) is 18.6 Å². The van der Waals surface area contributed by atoms with Gasteiger partial charge >= 0.3 is 0 Å². The van der Waals surface area contributed by atoms with Crippen molar-refractivity contribution < 1.29 is 4.79 Å². The van der Waals surface area contributed by atoms with Crippen molar-refractivity contribution in [3.05, 3.63) is 41.0 Å². The zero-order valence-corrected chi connectivity index (χ0v) is 14.8. The van der Waals surface area contributed by atoms with Gasteiger partial charge in [-0.1, -0.05) is 62.2 Å². The number of aromatic nitrogens is 3. The van der Waals surface area contributed by atoms with Crippen molar-refractivity contribution in [3.8, 4) is 11.3 Å². The highest BCUT2D eigenvalue weighted by molar-refractivity contribution is 6.34. The molecule has 5 nitrogen and oxygen atoms in total. The summed E-state index contributed by atoms with van der Waals surface area (Å²) in [6.07, 6.45) is 0. The third kappa shape index (κ3) is 3.26. The molecule has 1 aromatic carbocycles. The van der Waals surface area contributed by atoms with Gasteiger partial charge in [0.2, 0.25) is 11.9 Å². The largest absolute Gasteiger partial charge is 0.339 e. The Morgan fingerprint density at radius 2 is 1.83 bits per heavy atom. The highest BCUT2D eigenvalue weighted by Crippen LogP contribution is 2.28. The molecule has 3 aromatic rings. The number of halogens is 1. The molecule has 0 aliphatic carbocycles. The number of fused-ring (bicyclic) bond motifs is 1. The Morgan fingerprint density at radius 1 is 1.17 bits per heavy atom. The van der Waals surface area contributed by atoms with E-state index in [1.807, 2.05) is 58.0 Å². The number of hydrogen-bond acceptors (Lipinski definition) is 3. The van der Waals surface area contributed by atoms with Crippen LogP contribution >= 0.6 is 11.6 Å². The smallest absolute Gasteiger partial charge is 0.232 e. The molecule has 0 radical (unpaired) electrons. The molecule has 0 saturated carbocycles. The molecule has 124 valence electrons. The summed E-state index contributed by atoms with van der Waals surface area (Å²) in [4.78, 5) is 23.9. The van der Waals surface area contributed by atoms with Gasteiger partial charge in [-0.15, -0.1) is 0 Å². The number of carbonyl (C=O) groups is 1. The molecule has 0 spiro atoms. The van der Waals surface area contributed by atoms with Gasteiger partial charge in [0.15, 0.2) is 0 Å². The van der Waals surface area contributed by atoms with E-state index in [4.69, 9.17) is 11.6 Å². The van der Waals surface area contributed by atoms with Crippen LogP contribution in [0.1, 0.15) is 26.3 Å². The van der Waals surface area contributed by atoms with Gasteiger partial charge < -0.3 is 4.98 Å². The zero-order valence-electron chi connectivity index (χ0n) is 14.1. The monoisotopic (exact) mass is 342 g/mol. The average molecular weight is 343 g/mol. The lowest BCUT2D eigenvalue weighted by molar-refractivity contribution is -0.123. The molecular formula is C18H19ClN4O. The standard InChI is InChI=1S/C18H19ClN4O/c1-10-5-7-11(8-6-10)13-9-12-14(19)21-17(22-15(12)20-13)23-16(24)18(2,3)4/h5-9H,1-4H3,(H2,20,21,22,23,24). The van der Waals surface area contributed by atoms with Gasteiger partial charge in [0.25, 0.3) is 0 Å². The summed E-state index contributed by atoms with van der Waals surface area (Å²) >= 11 is 6.26. The molecule has 0 saturated heterocycles. The number of nitrogens with one attached hydrogen (secondary N) is 2. The zero-order chi connectivity index (χ0) is 17.5. The molecule has 0 aliphatic heterocycles. The Balaban J connectivity index is 1.99. The van der Waals surface area contributed by atoms with E-state index in [-0.39, 0.29) is 11.9 Å². The first-order valence-corrected chi connectivity index (χ1v) is 8.06. The minimum atomic E-state index is -0.534. The second-order valence-electron chi connectivity index (χ2n) is 6.85. The van der Waals surface area contributed by atoms with Gasteiger partial charge in [-0.3, -0.25) is 10.1 Å². The predicted molar refractivity (Wildman–Crippen MR) is 97.2 cm³/mol. The van der Waals surface area contributed by atoms with Crippen molar-refractivity contribution in [3.63, 3.8) is 0 Å². The second kappa shape index (κ2) is 5.91. The van der Waals surface area contributed by atoms with E-state index in [0.717, 1.165) is 16.6 Å². The molecule has 24 heavy (non-hydrogen) atoms. The number of anilines is 1. The lowest BCUT2D eigenvalue weighted by Crippen LogP contribution is -2.28. The van der Waals surface area contributed by atoms with Crippen LogP contribution in [0, 0.1) is 12.3 Å². The first kappa shape index (κ1) is 16.5. The van der Waals surface area contributed by atoms with E-state index in [2.05, 4.69) is 20.3 Å². The molecule has 0 fully saturated rings. The van der Waals surface area contributed by atoms with Crippen LogP contribution in [0.4, 0.5) is 5.95 Å². The number of aryl methyl sites for hydroxylation is 1. The molecule has 2 N–H and O–H groups in total. The molecule has 0 atom stereocenters. The first-order valence-electron chi connectivity index (χ1n) is 7.69. The SMILES string of the molecule is Cc1ccc(-c2cc3c(Cl)nc(NC(=O)C(C)(C)C)nc3[nH]2)cc1. The Kier molecular flexibility index (Phi) is 4.05. The minimum absolute atomic E-state index is 0.164. The number of benzene rings is 1. The number of carbonyl (C=O) groups excluding carboxylic acids is 1. The second-order valence-corrected chi connectivity index (χ2v) is 7.21. The third-order valence-electron chi connectivity index (χ3n) is 3.71. The lowest BCUT2D eigenvalue weighted by Gasteiger charge is -2.16. The van der Waals surface area contributed by atoms with Gasteiger partial charge in [0.05, 0.1) is 5.39 Å². The Hall–Kier alpha value is -2.40. The maximum Gasteiger partial charge on any atom is 0.232 e. The Labute approximate surface area is 145 Å². The number of aromatic amines is 1. The van der Waals surface area contributed by atoms with Gasteiger partial charge in [-0.2, -0.15) is 9.97 Å². The summed E-state index contributed by atoms with van der Waals surface area (Å²) in [6, 6.07) is 10.1. The quantitative estimate of drug-likeness (QED) is 0.670. The number of rotatable bonds is 2. The van der Waals surface area contributed by atoms with Crippen LogP contribution in [0.3, 0.4) is 0 Å². The van der Waals surface area contributed by atoms with E-state index >= 15 is 0 Å². The molecule has 2 aromatic heterocycles. The van der Waals surface area contributed by atoms with Crippen molar-refractivity contribution in [1.82, 2.24) is 15.0 Å². The molecule has 1 amide bonds. The first-order chi connectivity index (χ1) is 11.2. The molecule has 0 aliphatic rings. The number of H-pyrrole nitrogens is 1. The van der Waals surface area contributed by atoms with E-state index < -0.39 is 5.41 Å². The van der Waals surface area contributed by atoms with Crippen LogP contribution in [0.5, 0.6) is 0 Å². The predicted octanol–water partition coefficient (Wildman–Crippen LogP) is 4.57. The number of nitrogens with zero attached hydrogens (tertiary/aromatic N) is 2. The Morgan fingerprint density at radius 3 is 2.46 bits per heavy atom. The van der Waals surface area contributed by atoms with E-state index in [0.29, 0.717) is 10.8 Å². The van der Waals surface area contributed by atoms with Crippen LogP contribution in [-0.2, 0) is 4.79 Å². The fourth-order valence-corrected chi connectivity index (χ4v) is 2.43. The molecular weight excluding hydrogens is 324 g/mol. The Bertz CT molecular complexity index is 907. The summed E-state index contributed by atoms with van der Waals surface area (Å²) in [5.74, 6) is 0.0351. The average Bonchev–Trinajstić information content (AvgIpc) is 2.91. The molecule has 2 heterocycles. The summed E-state index contributed by atoms with van der Waals surface area (Å²) < 4.78 is 0. The number of hydrogen-bond donors (Lipinski definition) is 2. The van der Waals surface area contributed by atoms with E-state index in [9.17, 15) is 4.79 Å². The summed E-state index contributed by atoms with van der Waals surface area (Å²) in [5.41, 5.74) is 3.19. The van der Waals surface area contributed by atoms with Gasteiger partial charge in [-0.25, -0.2) is 0 Å². The topological polar surface area (TPSA) is 70.7 Å². The maximum atomic E-state index is 12.1. The van der Waals surface area contributed by atoms with Gasteiger partial charge in [0, 0.05) is 11.1 Å². The highest BCUT2D eigenvalue weighted by Gasteiger charge is 2.22. The van der Waals surface area contributed by atoms with Gasteiger partial charge in [0.1, 0.15) is 10.8 Å². The summed E-state index contributed by atoms with van der Waals surface area (Å²) in [5, 5.41) is 3.73. The highest BCUT2D eigenvalue weighted by atomic mass is 35.5. The van der Waals surface area contributed by atoms with E-state index in [1.54, 1.807) is 0 Å². The van der Waals surface area contributed by atoms with Crippen LogP contribution in [0.15, 0.2) is 30.3 Å². The fraction of sp³-hybridized carbons (Fsp3) is 0.278. The maximum absolute atomic E-state index is 12.1. The van der Waals surface area contributed by atoms with Crippen molar-refractivity contribution in [1.29, 1.82) is 0 Å². The normalized spacial score (nSPS) is 11.7. The number of amides is 1. The summed E-state index contributed by atoms with van der Waals surface area (Å²) in [7, 11) is 0. The molecule has 0 unspecified atom stereocenters. The molecule has 3 rings (SSSR count). The van der Waals surface area contributed by atoms with E-state index in [1.165, 1.54) is 5.56 Å². The van der Waals surface area contributed by atoms with Crippen molar-refractivity contribution >= 4 is 34.5 Å². The minimum Gasteiger partial charge on any atom is -0.339 e. The van der Waals surface area contributed by atoms with Crippen molar-refractivity contribution in [2.24, 2.45) is 5.41 Å². The van der Waals surface area contributed by atoms with Crippen molar-refractivity contribution in [2.45, 2.75) is 27.7 Å². The van der Waals surface area contributed by atoms with Crippen molar-refractivity contribution in [2.75, 3.05) is 5.32 Å². The van der Waals surface area contributed by atoms with Crippen LogP contribution in [0.2, 0.25) is 5.15 Å². The van der Waals surface area contributed by atoms with Crippen LogP contribution in [0.25, 0.3) is 22.3 Å². The summed E-state index contributed by atoms with van der Waals surface area (Å²) in [6.45, 7) is 7.52. The lowest BCUT2D eigenvalue weighted by atomic mass is 9.96. The van der Waals surface area contributed by atoms with Crippen LogP contribution < -0.4 is 5.32 Å². The van der Waals surface area contributed by atoms with Crippen LogP contribution in [-0.4, -0.2) is 20.9 Å². The third-order valence-corrected chi connectivity index (χ3v) is 4.00. The molecule has 6 heteroatoms.